The van der Waals surface area contributed by atoms with Crippen LogP contribution in [0.2, 0.25) is 0 Å². The summed E-state index contributed by atoms with van der Waals surface area (Å²) in [6.45, 7) is 17.7. The Kier molecular flexibility index (Phi) is 11.2. The molecule has 1 heteroatoms. The lowest BCUT2D eigenvalue weighted by molar-refractivity contribution is 0.0123. The summed E-state index contributed by atoms with van der Waals surface area (Å²) in [7, 11) is 0. The first-order chi connectivity index (χ1) is 11.1. The molecule has 0 saturated carbocycles. The monoisotopic (exact) mass is 337 g/mol. The molecular formula is C23H47N. The molecule has 0 aliphatic heterocycles. The summed E-state index contributed by atoms with van der Waals surface area (Å²) >= 11 is 0. The van der Waals surface area contributed by atoms with Crippen LogP contribution in [0.5, 0.6) is 0 Å². The quantitative estimate of drug-likeness (QED) is 0.241. The fourth-order valence-electron chi connectivity index (χ4n) is 3.77. The molecule has 0 bridgehead atoms. The Morgan fingerprint density at radius 2 is 1.17 bits per heavy atom. The van der Waals surface area contributed by atoms with Crippen LogP contribution in [0.4, 0.5) is 0 Å². The molecule has 2 N–H and O–H groups in total. The van der Waals surface area contributed by atoms with E-state index in [2.05, 4.69) is 54.2 Å². The molecule has 0 fully saturated rings. The van der Waals surface area contributed by atoms with E-state index in [1.54, 1.807) is 0 Å². The normalized spacial score (nSPS) is 15.3. The Morgan fingerprint density at radius 3 is 1.54 bits per heavy atom. The molecule has 0 aromatic rings. The van der Waals surface area contributed by atoms with Crippen LogP contribution in [-0.2, 0) is 0 Å². The number of allylic oxidation sites excluding steroid dienone is 1. The molecule has 0 heterocycles. The molecule has 0 radical (unpaired) electrons. The maximum absolute atomic E-state index is 6.52. The molecule has 1 nitrogen and oxygen atoms in total. The maximum Gasteiger partial charge on any atom is 0.0154 e. The molecule has 0 spiro atoms. The van der Waals surface area contributed by atoms with Crippen molar-refractivity contribution in [3.63, 3.8) is 0 Å². The van der Waals surface area contributed by atoms with Gasteiger partial charge in [0.1, 0.15) is 0 Å². The van der Waals surface area contributed by atoms with Gasteiger partial charge in [0.2, 0.25) is 0 Å². The smallest absolute Gasteiger partial charge is 0.0154 e. The van der Waals surface area contributed by atoms with E-state index in [1.807, 2.05) is 0 Å². The Balaban J connectivity index is 4.13. The van der Waals surface area contributed by atoms with Crippen LogP contribution in [0.3, 0.4) is 0 Å². The molecule has 144 valence electrons. The molecule has 0 aromatic carbocycles. The zero-order valence-corrected chi connectivity index (χ0v) is 17.8. The Labute approximate surface area is 153 Å². The average molecular weight is 338 g/mol. The van der Waals surface area contributed by atoms with Gasteiger partial charge in [-0.05, 0) is 37.5 Å². The summed E-state index contributed by atoms with van der Waals surface area (Å²) in [5.41, 5.74) is 6.66. The minimum atomic E-state index is -0.177. The molecule has 0 amide bonds. The van der Waals surface area contributed by atoms with E-state index >= 15 is 0 Å². The zero-order valence-electron chi connectivity index (χ0n) is 17.8. The highest BCUT2D eigenvalue weighted by molar-refractivity contribution is 5.03. The van der Waals surface area contributed by atoms with Crippen molar-refractivity contribution in [2.75, 3.05) is 0 Å². The van der Waals surface area contributed by atoms with Crippen molar-refractivity contribution in [3.8, 4) is 0 Å². The number of nitrogens with two attached hydrogens (primary N) is 1. The van der Waals surface area contributed by atoms with Gasteiger partial charge in [-0.3, -0.25) is 0 Å². The molecular weight excluding hydrogens is 290 g/mol. The van der Waals surface area contributed by atoms with Crippen molar-refractivity contribution in [2.45, 2.75) is 124 Å². The van der Waals surface area contributed by atoms with Crippen LogP contribution >= 0.6 is 0 Å². The van der Waals surface area contributed by atoms with E-state index in [9.17, 15) is 0 Å². The van der Waals surface area contributed by atoms with Gasteiger partial charge in [0, 0.05) is 5.54 Å². The van der Waals surface area contributed by atoms with Gasteiger partial charge < -0.3 is 5.73 Å². The summed E-state index contributed by atoms with van der Waals surface area (Å²) in [6.07, 6.45) is 18.4. The average Bonchev–Trinajstić information content (AvgIpc) is 2.48. The SMILES string of the molecule is C=CCC(C)(CCCCCCCCCCCC)C(C)(C)C(C)(C)N. The first kappa shape index (κ1) is 23.7. The first-order valence-electron chi connectivity index (χ1n) is 10.5. The van der Waals surface area contributed by atoms with Crippen LogP contribution in [0, 0.1) is 10.8 Å². The van der Waals surface area contributed by atoms with Crippen molar-refractivity contribution in [1.82, 2.24) is 0 Å². The number of hydrogen-bond acceptors (Lipinski definition) is 1. The standard InChI is InChI=1S/C23H47N/c1-8-10-11-12-13-14-15-16-17-18-20-23(7,19-9-2)21(3,4)22(5,6)24/h9H,2,8,10-20,24H2,1,3-7H3. The van der Waals surface area contributed by atoms with E-state index in [0.29, 0.717) is 0 Å². The highest BCUT2D eigenvalue weighted by atomic mass is 14.8. The summed E-state index contributed by atoms with van der Waals surface area (Å²) in [5, 5.41) is 0. The minimum Gasteiger partial charge on any atom is -0.325 e. The Bertz CT molecular complexity index is 323. The van der Waals surface area contributed by atoms with Crippen LogP contribution in [0.1, 0.15) is 119 Å². The van der Waals surface area contributed by atoms with Gasteiger partial charge in [-0.1, -0.05) is 98.0 Å². The molecule has 0 saturated heterocycles. The van der Waals surface area contributed by atoms with Gasteiger partial charge in [0.25, 0.3) is 0 Å². The predicted octanol–water partition coefficient (Wildman–Crippen LogP) is 7.64. The van der Waals surface area contributed by atoms with Crippen molar-refractivity contribution in [1.29, 1.82) is 0 Å². The van der Waals surface area contributed by atoms with Gasteiger partial charge in [-0.15, -0.1) is 6.58 Å². The zero-order chi connectivity index (χ0) is 18.7. The van der Waals surface area contributed by atoms with Crippen LogP contribution in [0.25, 0.3) is 0 Å². The number of unbranched alkanes of at least 4 members (excludes halogenated alkanes) is 9. The highest BCUT2D eigenvalue weighted by Gasteiger charge is 2.47. The van der Waals surface area contributed by atoms with E-state index in [-0.39, 0.29) is 16.4 Å². The number of rotatable bonds is 15. The molecule has 0 rings (SSSR count). The topological polar surface area (TPSA) is 26.0 Å². The van der Waals surface area contributed by atoms with E-state index in [0.717, 1.165) is 6.42 Å². The second-order valence-corrected chi connectivity index (χ2v) is 9.33. The predicted molar refractivity (Wildman–Crippen MR) is 111 cm³/mol. The van der Waals surface area contributed by atoms with E-state index in [4.69, 9.17) is 5.73 Å². The summed E-state index contributed by atoms with van der Waals surface area (Å²) in [6, 6.07) is 0. The summed E-state index contributed by atoms with van der Waals surface area (Å²) < 4.78 is 0. The van der Waals surface area contributed by atoms with Gasteiger partial charge in [0.05, 0.1) is 0 Å². The lowest BCUT2D eigenvalue weighted by Gasteiger charge is -2.52. The fraction of sp³-hybridized carbons (Fsp3) is 0.913. The van der Waals surface area contributed by atoms with E-state index in [1.165, 1.54) is 70.6 Å². The lowest BCUT2D eigenvalue weighted by Crippen LogP contribution is -2.55. The summed E-state index contributed by atoms with van der Waals surface area (Å²) in [4.78, 5) is 0. The molecule has 1 unspecified atom stereocenters. The molecule has 1 atom stereocenters. The molecule has 0 aromatic heterocycles. The van der Waals surface area contributed by atoms with Crippen molar-refractivity contribution in [3.05, 3.63) is 12.7 Å². The van der Waals surface area contributed by atoms with Gasteiger partial charge >= 0.3 is 0 Å². The Morgan fingerprint density at radius 1 is 0.750 bits per heavy atom. The largest absolute Gasteiger partial charge is 0.325 e. The van der Waals surface area contributed by atoms with Gasteiger partial charge in [-0.25, -0.2) is 0 Å². The summed E-state index contributed by atoms with van der Waals surface area (Å²) in [5.74, 6) is 0. The third-order valence-electron chi connectivity index (χ3n) is 6.80. The second kappa shape index (κ2) is 11.3. The highest BCUT2D eigenvalue weighted by Crippen LogP contribution is 2.51. The van der Waals surface area contributed by atoms with Crippen LogP contribution in [-0.4, -0.2) is 5.54 Å². The fourth-order valence-corrected chi connectivity index (χ4v) is 3.77. The van der Waals surface area contributed by atoms with Gasteiger partial charge in [-0.2, -0.15) is 0 Å². The van der Waals surface area contributed by atoms with E-state index < -0.39 is 0 Å². The van der Waals surface area contributed by atoms with Crippen LogP contribution < -0.4 is 5.73 Å². The molecule has 0 aliphatic rings. The second-order valence-electron chi connectivity index (χ2n) is 9.33. The molecule has 24 heavy (non-hydrogen) atoms. The third kappa shape index (κ3) is 7.72. The first-order valence-corrected chi connectivity index (χ1v) is 10.5. The Hall–Kier alpha value is -0.300. The van der Waals surface area contributed by atoms with Crippen LogP contribution in [0.15, 0.2) is 12.7 Å². The number of hydrogen-bond donors (Lipinski definition) is 1. The third-order valence-corrected chi connectivity index (χ3v) is 6.80. The minimum absolute atomic E-state index is 0.0907. The van der Waals surface area contributed by atoms with Crippen molar-refractivity contribution >= 4 is 0 Å². The lowest BCUT2D eigenvalue weighted by atomic mass is 9.55. The van der Waals surface area contributed by atoms with Crippen molar-refractivity contribution < 1.29 is 0 Å². The molecule has 0 aliphatic carbocycles. The van der Waals surface area contributed by atoms with Crippen molar-refractivity contribution in [2.24, 2.45) is 16.6 Å². The van der Waals surface area contributed by atoms with Gasteiger partial charge in [0.15, 0.2) is 0 Å². The maximum atomic E-state index is 6.52.